The van der Waals surface area contributed by atoms with Crippen molar-refractivity contribution in [2.45, 2.75) is 56.9 Å². The number of rotatable bonds is 0. The molecule has 1 aliphatic heterocycles. The Morgan fingerprint density at radius 2 is 1.64 bits per heavy atom. The van der Waals surface area contributed by atoms with Gasteiger partial charge in [0.15, 0.2) is 0 Å². The Kier molecular flexibility index (Phi) is 1.85. The quantitative estimate of drug-likeness (QED) is 0.499. The molecular formula is C10H16N+. The van der Waals surface area contributed by atoms with Gasteiger partial charge in [0.25, 0.3) is 11.6 Å². The molecule has 0 atom stereocenters. The van der Waals surface area contributed by atoms with Gasteiger partial charge in [-0.25, -0.2) is 0 Å². The minimum absolute atomic E-state index is 0.372. The number of hydrogen-bond donors (Lipinski definition) is 0. The zero-order valence-electron chi connectivity index (χ0n) is 7.10. The Balaban J connectivity index is 2.10. The van der Waals surface area contributed by atoms with E-state index in [1.165, 1.54) is 44.9 Å². The third-order valence-corrected chi connectivity index (χ3v) is 3.03. The average Bonchev–Trinajstić information content (AvgIpc) is 2.07. The molecule has 1 heterocycles. The van der Waals surface area contributed by atoms with Crippen molar-refractivity contribution in [2.24, 2.45) is 0 Å². The highest BCUT2D eigenvalue weighted by molar-refractivity contribution is 5.09. The molecule has 2 aliphatic rings. The van der Waals surface area contributed by atoms with Crippen LogP contribution in [0.5, 0.6) is 0 Å². The van der Waals surface area contributed by atoms with Gasteiger partial charge >= 0.3 is 0 Å². The van der Waals surface area contributed by atoms with Gasteiger partial charge in [0.05, 0.1) is 6.42 Å². The molecule has 1 aliphatic carbocycles. The molecule has 60 valence electrons. The molecule has 2 rings (SSSR count). The summed E-state index contributed by atoms with van der Waals surface area (Å²) in [5, 5.41) is 0. The molecule has 0 radical (unpaired) electrons. The van der Waals surface area contributed by atoms with Crippen molar-refractivity contribution in [3.8, 4) is 6.07 Å². The molecule has 1 nitrogen and oxygen atoms in total. The Hall–Kier alpha value is -0.510. The minimum atomic E-state index is 0.372. The van der Waals surface area contributed by atoms with E-state index in [-0.39, 0.29) is 0 Å². The SMILES string of the molecule is C1#[N+]C2(CCC1)CCCCC2. The molecule has 11 heavy (non-hydrogen) atoms. The van der Waals surface area contributed by atoms with Gasteiger partial charge < -0.3 is 0 Å². The van der Waals surface area contributed by atoms with E-state index in [2.05, 4.69) is 10.9 Å². The maximum Gasteiger partial charge on any atom is 0.281 e. The van der Waals surface area contributed by atoms with Gasteiger partial charge in [0.1, 0.15) is 0 Å². The molecule has 0 aromatic rings. The van der Waals surface area contributed by atoms with E-state index in [0.717, 1.165) is 6.42 Å². The van der Waals surface area contributed by atoms with Crippen LogP contribution >= 0.6 is 0 Å². The molecule has 1 saturated carbocycles. The van der Waals surface area contributed by atoms with Crippen molar-refractivity contribution in [3.63, 3.8) is 0 Å². The van der Waals surface area contributed by atoms with Crippen molar-refractivity contribution in [1.82, 2.24) is 0 Å². The molecule has 0 aromatic carbocycles. The number of nitrogens with zero attached hydrogens (tertiary/aromatic N) is 1. The summed E-state index contributed by atoms with van der Waals surface area (Å²) in [5.41, 5.74) is 0.372. The minimum Gasteiger partial charge on any atom is -0.0772 e. The lowest BCUT2D eigenvalue weighted by atomic mass is 9.78. The zero-order chi connectivity index (χ0) is 7.57. The molecule has 0 saturated heterocycles. The van der Waals surface area contributed by atoms with Gasteiger partial charge in [-0.3, -0.25) is 0 Å². The summed E-state index contributed by atoms with van der Waals surface area (Å²) in [6.07, 6.45) is 10.6. The van der Waals surface area contributed by atoms with Crippen molar-refractivity contribution < 1.29 is 0 Å². The van der Waals surface area contributed by atoms with E-state index >= 15 is 0 Å². The van der Waals surface area contributed by atoms with Crippen LogP contribution in [0.3, 0.4) is 0 Å². The first-order valence-electron chi connectivity index (χ1n) is 4.86. The molecule has 0 bridgehead atoms. The van der Waals surface area contributed by atoms with Crippen LogP contribution in [0.2, 0.25) is 0 Å². The molecule has 0 unspecified atom stereocenters. The summed E-state index contributed by atoms with van der Waals surface area (Å²) in [4.78, 5) is 4.57. The van der Waals surface area contributed by atoms with E-state index in [1.807, 2.05) is 0 Å². The van der Waals surface area contributed by atoms with Gasteiger partial charge in [-0.2, -0.15) is 0 Å². The average molecular weight is 150 g/mol. The van der Waals surface area contributed by atoms with Gasteiger partial charge in [0, 0.05) is 19.3 Å². The fourth-order valence-corrected chi connectivity index (χ4v) is 2.35. The normalized spacial score (nSPS) is 27.6. The van der Waals surface area contributed by atoms with E-state index in [0.29, 0.717) is 5.54 Å². The van der Waals surface area contributed by atoms with E-state index in [1.54, 1.807) is 0 Å². The van der Waals surface area contributed by atoms with Crippen LogP contribution < -0.4 is 0 Å². The Labute approximate surface area is 68.6 Å². The fraction of sp³-hybridized carbons (Fsp3) is 0.900. The highest BCUT2D eigenvalue weighted by Crippen LogP contribution is 2.37. The van der Waals surface area contributed by atoms with E-state index in [4.69, 9.17) is 0 Å². The van der Waals surface area contributed by atoms with Crippen LogP contribution in [0.25, 0.3) is 4.85 Å². The van der Waals surface area contributed by atoms with Crippen LogP contribution in [-0.2, 0) is 0 Å². The Morgan fingerprint density at radius 3 is 2.27 bits per heavy atom. The third kappa shape index (κ3) is 1.40. The first kappa shape index (κ1) is 7.16. The lowest BCUT2D eigenvalue weighted by Gasteiger charge is -2.23. The summed E-state index contributed by atoms with van der Waals surface area (Å²) in [6, 6.07) is 3.17. The van der Waals surface area contributed by atoms with Gasteiger partial charge in [0.2, 0.25) is 0 Å². The second kappa shape index (κ2) is 2.85. The van der Waals surface area contributed by atoms with Gasteiger partial charge in [-0.1, -0.05) is 11.3 Å². The summed E-state index contributed by atoms with van der Waals surface area (Å²) in [5.74, 6) is 0. The molecule has 1 fully saturated rings. The maximum absolute atomic E-state index is 4.57. The van der Waals surface area contributed by atoms with Crippen LogP contribution in [0.1, 0.15) is 51.4 Å². The fourth-order valence-electron chi connectivity index (χ4n) is 2.35. The highest BCUT2D eigenvalue weighted by Gasteiger charge is 2.42. The van der Waals surface area contributed by atoms with Gasteiger partial charge in [-0.05, 0) is 19.3 Å². The summed E-state index contributed by atoms with van der Waals surface area (Å²) < 4.78 is 0. The standard InChI is InChI=1S/C10H16N/c1-2-6-10(7-3-1)8-4-5-9-11-10/h1-8H2/q+1. The van der Waals surface area contributed by atoms with Crippen LogP contribution in [0, 0.1) is 6.07 Å². The highest BCUT2D eigenvalue weighted by atomic mass is 14.8. The lowest BCUT2D eigenvalue weighted by Crippen LogP contribution is -2.28. The molecule has 0 aromatic heterocycles. The monoisotopic (exact) mass is 150 g/mol. The Bertz CT molecular complexity index is 191. The van der Waals surface area contributed by atoms with Crippen molar-refractivity contribution >= 4 is 0 Å². The first-order valence-corrected chi connectivity index (χ1v) is 4.86. The molecule has 0 amide bonds. The molecule has 1 spiro atoms. The molecule has 0 N–H and O–H groups in total. The lowest BCUT2D eigenvalue weighted by molar-refractivity contribution is 0.316. The largest absolute Gasteiger partial charge is 0.281 e. The number of hydrogen-bond acceptors (Lipinski definition) is 0. The van der Waals surface area contributed by atoms with Crippen molar-refractivity contribution in [3.05, 3.63) is 4.85 Å². The maximum atomic E-state index is 4.57. The first-order chi connectivity index (χ1) is 5.41. The Morgan fingerprint density at radius 1 is 0.909 bits per heavy atom. The van der Waals surface area contributed by atoms with E-state index in [9.17, 15) is 0 Å². The second-order valence-electron chi connectivity index (χ2n) is 3.91. The van der Waals surface area contributed by atoms with E-state index < -0.39 is 0 Å². The van der Waals surface area contributed by atoms with Crippen molar-refractivity contribution in [2.75, 3.05) is 0 Å². The second-order valence-corrected chi connectivity index (χ2v) is 3.91. The molecule has 1 heteroatoms. The zero-order valence-corrected chi connectivity index (χ0v) is 7.10. The predicted octanol–water partition coefficient (Wildman–Crippen LogP) is 3.21. The smallest absolute Gasteiger partial charge is 0.0772 e. The summed E-state index contributed by atoms with van der Waals surface area (Å²) >= 11 is 0. The van der Waals surface area contributed by atoms with Crippen molar-refractivity contribution in [1.29, 1.82) is 0 Å². The van der Waals surface area contributed by atoms with Crippen LogP contribution in [0.4, 0.5) is 0 Å². The van der Waals surface area contributed by atoms with Crippen LogP contribution in [0.15, 0.2) is 0 Å². The summed E-state index contributed by atoms with van der Waals surface area (Å²) in [6.45, 7) is 0. The third-order valence-electron chi connectivity index (χ3n) is 3.03. The molecular weight excluding hydrogens is 134 g/mol. The van der Waals surface area contributed by atoms with Crippen LogP contribution in [-0.4, -0.2) is 5.54 Å². The summed E-state index contributed by atoms with van der Waals surface area (Å²) in [7, 11) is 0. The topological polar surface area (TPSA) is 4.36 Å². The van der Waals surface area contributed by atoms with Gasteiger partial charge in [-0.15, -0.1) is 0 Å². The predicted molar refractivity (Wildman–Crippen MR) is 46.9 cm³/mol.